The van der Waals surface area contributed by atoms with Gasteiger partial charge in [-0.25, -0.2) is 0 Å². The van der Waals surface area contributed by atoms with Crippen LogP contribution < -0.4 is 10.6 Å². The van der Waals surface area contributed by atoms with Crippen molar-refractivity contribution in [3.63, 3.8) is 0 Å². The topological polar surface area (TPSA) is 83.0 Å². The second-order valence-corrected chi connectivity index (χ2v) is 4.02. The van der Waals surface area contributed by atoms with E-state index in [1.165, 1.54) is 0 Å². The Bertz CT molecular complexity index is 524. The largest absolute Gasteiger partial charge is 0.408 e. The van der Waals surface area contributed by atoms with E-state index in [9.17, 15) is 13.2 Å². The van der Waals surface area contributed by atoms with Crippen LogP contribution in [-0.2, 0) is 0 Å². The first kappa shape index (κ1) is 17.0. The molecule has 1 heterocycles. The van der Waals surface area contributed by atoms with Gasteiger partial charge >= 0.3 is 6.18 Å². The van der Waals surface area contributed by atoms with Gasteiger partial charge in [-0.3, -0.25) is 0 Å². The Morgan fingerprint density at radius 1 is 1.24 bits per heavy atom. The number of nitrogens with zero attached hydrogens (tertiary/aromatic N) is 3. The van der Waals surface area contributed by atoms with Crippen LogP contribution in [0.2, 0.25) is 0 Å². The second-order valence-electron chi connectivity index (χ2n) is 4.02. The van der Waals surface area contributed by atoms with E-state index in [0.29, 0.717) is 6.54 Å². The van der Waals surface area contributed by atoms with Gasteiger partial charge in [0.2, 0.25) is 17.7 Å². The Hall–Kier alpha value is -2.08. The number of anilines is 2. The maximum Gasteiger partial charge on any atom is 0.408 e. The summed E-state index contributed by atoms with van der Waals surface area (Å²) in [6, 6.07) is -1.80. The molecule has 0 aliphatic carbocycles. The summed E-state index contributed by atoms with van der Waals surface area (Å²) >= 11 is 0. The van der Waals surface area contributed by atoms with Gasteiger partial charge in [-0.05, 0) is 19.8 Å². The molecule has 0 spiro atoms. The summed E-state index contributed by atoms with van der Waals surface area (Å²) in [6.07, 6.45) is -4.18. The van der Waals surface area contributed by atoms with Crippen molar-refractivity contribution in [1.29, 1.82) is 0 Å². The van der Waals surface area contributed by atoms with Crippen molar-refractivity contribution < 1.29 is 18.3 Å². The fraction of sp³-hybridized carbons (Fsp3) is 0.583. The number of alkyl halides is 3. The van der Waals surface area contributed by atoms with E-state index in [1.54, 1.807) is 6.92 Å². The zero-order valence-electron chi connectivity index (χ0n) is 11.6. The number of aromatic nitrogens is 3. The average molecular weight is 303 g/mol. The van der Waals surface area contributed by atoms with Gasteiger partial charge in [0.15, 0.2) is 0 Å². The SMILES string of the molecule is CCNc1nc(C#CCCO)nc(N[C@H](C)C(F)(F)F)n1. The molecule has 6 nitrogen and oxygen atoms in total. The van der Waals surface area contributed by atoms with Crippen LogP contribution >= 0.6 is 0 Å². The van der Waals surface area contributed by atoms with Crippen molar-refractivity contribution in [3.05, 3.63) is 5.82 Å². The normalized spacial score (nSPS) is 12.3. The molecule has 1 aromatic rings. The monoisotopic (exact) mass is 303 g/mol. The van der Waals surface area contributed by atoms with Crippen LogP contribution in [-0.4, -0.2) is 45.4 Å². The summed E-state index contributed by atoms with van der Waals surface area (Å²) in [5.74, 6) is 5.13. The Balaban J connectivity index is 3.00. The number of halogens is 3. The fourth-order valence-corrected chi connectivity index (χ4v) is 1.21. The molecular weight excluding hydrogens is 287 g/mol. The third kappa shape index (κ3) is 5.83. The highest BCUT2D eigenvalue weighted by molar-refractivity contribution is 5.39. The predicted molar refractivity (Wildman–Crippen MR) is 71.7 cm³/mol. The van der Waals surface area contributed by atoms with Crippen molar-refractivity contribution in [2.75, 3.05) is 23.8 Å². The lowest BCUT2D eigenvalue weighted by Gasteiger charge is -2.17. The van der Waals surface area contributed by atoms with Gasteiger partial charge in [-0.1, -0.05) is 5.92 Å². The molecule has 1 atom stereocenters. The lowest BCUT2D eigenvalue weighted by atomic mass is 10.3. The molecule has 0 saturated carbocycles. The smallest absolute Gasteiger partial charge is 0.395 e. The molecular formula is C12H16F3N5O. The summed E-state index contributed by atoms with van der Waals surface area (Å²) in [6.45, 7) is 3.15. The molecule has 0 amide bonds. The molecule has 0 aromatic carbocycles. The van der Waals surface area contributed by atoms with Crippen molar-refractivity contribution in [1.82, 2.24) is 15.0 Å². The molecule has 116 valence electrons. The molecule has 0 saturated heterocycles. The zero-order valence-corrected chi connectivity index (χ0v) is 11.6. The first-order valence-electron chi connectivity index (χ1n) is 6.29. The van der Waals surface area contributed by atoms with E-state index >= 15 is 0 Å². The molecule has 0 aliphatic rings. The molecule has 0 unspecified atom stereocenters. The van der Waals surface area contributed by atoms with Gasteiger partial charge in [0.1, 0.15) is 6.04 Å². The van der Waals surface area contributed by atoms with Gasteiger partial charge in [0, 0.05) is 13.0 Å². The Labute approximate surface area is 120 Å². The van der Waals surface area contributed by atoms with E-state index in [2.05, 4.69) is 37.4 Å². The van der Waals surface area contributed by atoms with Crippen LogP contribution in [0, 0.1) is 11.8 Å². The average Bonchev–Trinajstić information content (AvgIpc) is 2.38. The van der Waals surface area contributed by atoms with Crippen molar-refractivity contribution in [3.8, 4) is 11.8 Å². The molecule has 3 N–H and O–H groups in total. The number of hydrogen-bond donors (Lipinski definition) is 3. The number of rotatable bonds is 5. The lowest BCUT2D eigenvalue weighted by Crippen LogP contribution is -2.34. The highest BCUT2D eigenvalue weighted by atomic mass is 19.4. The Morgan fingerprint density at radius 3 is 2.48 bits per heavy atom. The van der Waals surface area contributed by atoms with Gasteiger partial charge in [0.05, 0.1) is 6.61 Å². The maximum absolute atomic E-state index is 12.5. The third-order valence-corrected chi connectivity index (χ3v) is 2.24. The van der Waals surface area contributed by atoms with Gasteiger partial charge in [-0.2, -0.15) is 28.1 Å². The molecule has 21 heavy (non-hydrogen) atoms. The number of nitrogens with one attached hydrogen (secondary N) is 2. The summed E-state index contributed by atoms with van der Waals surface area (Å²) in [5.41, 5.74) is 0. The quantitative estimate of drug-likeness (QED) is 0.713. The van der Waals surface area contributed by atoms with E-state index in [-0.39, 0.29) is 30.7 Å². The predicted octanol–water partition coefficient (Wildman–Crippen LogP) is 1.40. The third-order valence-electron chi connectivity index (χ3n) is 2.24. The van der Waals surface area contributed by atoms with Crippen molar-refractivity contribution >= 4 is 11.9 Å². The van der Waals surface area contributed by atoms with Crippen LogP contribution in [0.1, 0.15) is 26.1 Å². The Morgan fingerprint density at radius 2 is 1.90 bits per heavy atom. The number of hydrogen-bond acceptors (Lipinski definition) is 6. The first-order valence-corrected chi connectivity index (χ1v) is 6.29. The summed E-state index contributed by atoms with van der Waals surface area (Å²) < 4.78 is 37.6. The summed E-state index contributed by atoms with van der Waals surface area (Å²) in [5, 5.41) is 13.6. The van der Waals surface area contributed by atoms with Crippen LogP contribution in [0.25, 0.3) is 0 Å². The van der Waals surface area contributed by atoms with E-state index in [0.717, 1.165) is 6.92 Å². The fourth-order valence-electron chi connectivity index (χ4n) is 1.21. The zero-order chi connectivity index (χ0) is 15.9. The van der Waals surface area contributed by atoms with Crippen molar-refractivity contribution in [2.45, 2.75) is 32.5 Å². The Kier molecular flexibility index (Phi) is 6.17. The maximum atomic E-state index is 12.5. The van der Waals surface area contributed by atoms with Crippen LogP contribution in [0.5, 0.6) is 0 Å². The van der Waals surface area contributed by atoms with Gasteiger partial charge in [-0.15, -0.1) is 0 Å². The van der Waals surface area contributed by atoms with Crippen LogP contribution in [0.15, 0.2) is 0 Å². The molecule has 9 heteroatoms. The molecule has 0 bridgehead atoms. The number of aliphatic hydroxyl groups excluding tert-OH is 1. The summed E-state index contributed by atoms with van der Waals surface area (Å²) in [4.78, 5) is 11.6. The van der Waals surface area contributed by atoms with E-state index < -0.39 is 12.2 Å². The van der Waals surface area contributed by atoms with Gasteiger partial charge in [0.25, 0.3) is 0 Å². The first-order chi connectivity index (χ1) is 9.86. The molecule has 0 aliphatic heterocycles. The minimum Gasteiger partial charge on any atom is -0.395 e. The minimum atomic E-state index is -4.41. The highest BCUT2D eigenvalue weighted by Gasteiger charge is 2.36. The van der Waals surface area contributed by atoms with Crippen LogP contribution in [0.4, 0.5) is 25.1 Å². The van der Waals surface area contributed by atoms with E-state index in [1.807, 2.05) is 0 Å². The van der Waals surface area contributed by atoms with Crippen molar-refractivity contribution in [2.24, 2.45) is 0 Å². The number of aliphatic hydroxyl groups is 1. The summed E-state index contributed by atoms with van der Waals surface area (Å²) in [7, 11) is 0. The molecule has 1 aromatic heterocycles. The minimum absolute atomic E-state index is 0.0336. The standard InChI is InChI=1S/C12H16F3N5O/c1-3-16-10-18-9(6-4-5-7-21)19-11(20-10)17-8(2)12(13,14)15/h8,21H,3,5,7H2,1-2H3,(H2,16,17,18,19,20)/t8-/m1/s1. The molecule has 0 radical (unpaired) electrons. The van der Waals surface area contributed by atoms with Gasteiger partial charge < -0.3 is 15.7 Å². The lowest BCUT2D eigenvalue weighted by molar-refractivity contribution is -0.138. The van der Waals surface area contributed by atoms with Crippen LogP contribution in [0.3, 0.4) is 0 Å². The molecule has 0 fully saturated rings. The highest BCUT2D eigenvalue weighted by Crippen LogP contribution is 2.22. The molecule has 1 rings (SSSR count). The van der Waals surface area contributed by atoms with E-state index in [4.69, 9.17) is 5.11 Å². The second kappa shape index (κ2) is 7.64.